The molecule has 0 bridgehead atoms. The van der Waals surface area contributed by atoms with Crippen molar-refractivity contribution < 1.29 is 28.7 Å². The van der Waals surface area contributed by atoms with Gasteiger partial charge in [0.2, 0.25) is 5.69 Å². The summed E-state index contributed by atoms with van der Waals surface area (Å²) in [5.41, 5.74) is -0.521. The van der Waals surface area contributed by atoms with Crippen molar-refractivity contribution in [2.75, 3.05) is 6.61 Å². The SMILES string of the molecule is CCOC(=O)C(C)NC(=O)c1c(CO)[nH]o[n+]1=O. The molecule has 0 radical (unpaired) electrons. The van der Waals surface area contributed by atoms with Crippen LogP contribution in [-0.2, 0) is 16.1 Å². The highest BCUT2D eigenvalue weighted by molar-refractivity contribution is 5.94. The number of hydrogen-bond acceptors (Lipinski definition) is 6. The minimum Gasteiger partial charge on any atom is -0.464 e. The van der Waals surface area contributed by atoms with Crippen molar-refractivity contribution >= 4 is 11.9 Å². The molecule has 1 atom stereocenters. The Morgan fingerprint density at radius 1 is 1.61 bits per heavy atom. The summed E-state index contributed by atoms with van der Waals surface area (Å²) in [6, 6.07) is -0.918. The lowest BCUT2D eigenvalue weighted by Gasteiger charge is -2.10. The topological polar surface area (TPSA) is 128 Å². The number of carbonyl (C=O) groups excluding carboxylic acids is 2. The summed E-state index contributed by atoms with van der Waals surface area (Å²) in [6.07, 6.45) is 0. The Kier molecular flexibility index (Phi) is 4.60. The molecule has 0 aromatic carbocycles. The minimum absolute atomic E-state index is 0.0846. The summed E-state index contributed by atoms with van der Waals surface area (Å²) in [5, 5.41) is 13.2. The first-order chi connectivity index (χ1) is 8.51. The first-order valence-corrected chi connectivity index (χ1v) is 5.23. The molecule has 1 aromatic rings. The van der Waals surface area contributed by atoms with Crippen molar-refractivity contribution in [1.82, 2.24) is 10.5 Å². The van der Waals surface area contributed by atoms with Gasteiger partial charge in [-0.1, -0.05) is 9.79 Å². The molecule has 0 fully saturated rings. The number of aromatic nitrogens is 2. The van der Waals surface area contributed by atoms with Crippen LogP contribution < -0.4 is 9.92 Å². The molecule has 1 rings (SSSR count). The van der Waals surface area contributed by atoms with E-state index in [0.29, 0.717) is 0 Å². The van der Waals surface area contributed by atoms with Crippen LogP contribution in [0.4, 0.5) is 0 Å². The van der Waals surface area contributed by atoms with Crippen LogP contribution in [0.2, 0.25) is 0 Å². The second-order valence-electron chi connectivity index (χ2n) is 3.38. The highest BCUT2D eigenvalue weighted by Crippen LogP contribution is 2.00. The summed E-state index contributed by atoms with van der Waals surface area (Å²) in [6.45, 7) is 2.65. The largest absolute Gasteiger partial charge is 0.464 e. The predicted octanol–water partition coefficient (Wildman–Crippen LogP) is -1.30. The van der Waals surface area contributed by atoms with Crippen molar-refractivity contribution in [3.05, 3.63) is 16.3 Å². The summed E-state index contributed by atoms with van der Waals surface area (Å²) < 4.78 is 8.90. The number of ether oxygens (including phenoxy) is 1. The molecule has 0 saturated carbocycles. The molecule has 3 N–H and O–H groups in total. The molecular weight excluding hydrogens is 246 g/mol. The number of esters is 1. The predicted molar refractivity (Wildman–Crippen MR) is 55.9 cm³/mol. The van der Waals surface area contributed by atoms with Crippen LogP contribution in [0.1, 0.15) is 30.0 Å². The fourth-order valence-electron chi connectivity index (χ4n) is 1.22. The molecule has 18 heavy (non-hydrogen) atoms. The molecular formula is C9H14N3O6+. The van der Waals surface area contributed by atoms with Crippen molar-refractivity contribution in [2.45, 2.75) is 26.5 Å². The Hall–Kier alpha value is -2.16. The third-order valence-electron chi connectivity index (χ3n) is 2.08. The van der Waals surface area contributed by atoms with Crippen LogP contribution in [-0.4, -0.2) is 34.8 Å². The van der Waals surface area contributed by atoms with Crippen LogP contribution in [0.3, 0.4) is 0 Å². The first-order valence-electron chi connectivity index (χ1n) is 5.23. The van der Waals surface area contributed by atoms with Crippen LogP contribution >= 0.6 is 0 Å². The second-order valence-corrected chi connectivity index (χ2v) is 3.38. The number of nitrogens with one attached hydrogen (secondary N) is 2. The number of hydrogen-bond donors (Lipinski definition) is 3. The van der Waals surface area contributed by atoms with E-state index in [-0.39, 0.29) is 16.9 Å². The third-order valence-corrected chi connectivity index (χ3v) is 2.08. The quantitative estimate of drug-likeness (QED) is 0.564. The molecule has 0 spiro atoms. The number of aromatic amines is 1. The molecule has 1 amide bonds. The van der Waals surface area contributed by atoms with Gasteiger partial charge in [0.1, 0.15) is 12.6 Å². The third kappa shape index (κ3) is 2.94. The maximum absolute atomic E-state index is 11.7. The van der Waals surface area contributed by atoms with Gasteiger partial charge in [0.15, 0.2) is 4.60 Å². The zero-order chi connectivity index (χ0) is 13.7. The van der Waals surface area contributed by atoms with Crippen LogP contribution in [0.15, 0.2) is 4.63 Å². The second kappa shape index (κ2) is 5.96. The van der Waals surface area contributed by atoms with E-state index in [4.69, 9.17) is 5.11 Å². The molecule has 0 aliphatic rings. The lowest BCUT2D eigenvalue weighted by Crippen LogP contribution is -2.42. The number of aliphatic hydroxyl groups excluding tert-OH is 1. The number of rotatable bonds is 5. The molecule has 1 unspecified atom stereocenters. The van der Waals surface area contributed by atoms with Gasteiger partial charge in [-0.2, -0.15) is 0 Å². The van der Waals surface area contributed by atoms with E-state index < -0.39 is 30.2 Å². The van der Waals surface area contributed by atoms with Gasteiger partial charge in [0.25, 0.3) is 0 Å². The number of aliphatic hydroxyl groups is 1. The number of amides is 1. The molecule has 1 aromatic heterocycles. The van der Waals surface area contributed by atoms with Crippen molar-refractivity contribution in [1.29, 1.82) is 0 Å². The normalized spacial score (nSPS) is 11.9. The average Bonchev–Trinajstić information content (AvgIpc) is 2.70. The Labute approximate surface area is 101 Å². The van der Waals surface area contributed by atoms with E-state index >= 15 is 0 Å². The summed E-state index contributed by atoms with van der Waals surface area (Å²) in [7, 11) is 0. The van der Waals surface area contributed by atoms with Crippen molar-refractivity contribution in [3.63, 3.8) is 0 Å². The number of nitrogens with zero attached hydrogens (tertiary/aromatic N) is 1. The van der Waals surface area contributed by atoms with E-state index in [9.17, 15) is 14.5 Å². The van der Waals surface area contributed by atoms with E-state index in [2.05, 4.69) is 19.8 Å². The van der Waals surface area contributed by atoms with E-state index in [0.717, 1.165) is 0 Å². The Balaban J connectivity index is 2.79. The van der Waals surface area contributed by atoms with Crippen LogP contribution in [0.5, 0.6) is 0 Å². The van der Waals surface area contributed by atoms with Gasteiger partial charge in [0, 0.05) is 0 Å². The molecule has 9 heteroatoms. The average molecular weight is 260 g/mol. The van der Waals surface area contributed by atoms with Crippen LogP contribution in [0, 0.1) is 4.91 Å². The van der Waals surface area contributed by atoms with Gasteiger partial charge in [-0.3, -0.25) is 4.79 Å². The monoisotopic (exact) mass is 260 g/mol. The van der Waals surface area contributed by atoms with E-state index in [1.807, 2.05) is 0 Å². The Bertz CT molecular complexity index is 491. The highest BCUT2D eigenvalue weighted by Gasteiger charge is 2.29. The highest BCUT2D eigenvalue weighted by atomic mass is 16.7. The lowest BCUT2D eigenvalue weighted by atomic mass is 10.2. The first kappa shape index (κ1) is 13.9. The van der Waals surface area contributed by atoms with Crippen LogP contribution in [0.25, 0.3) is 0 Å². The maximum atomic E-state index is 11.7. The Morgan fingerprint density at radius 2 is 2.28 bits per heavy atom. The van der Waals surface area contributed by atoms with E-state index in [1.54, 1.807) is 6.92 Å². The molecule has 0 saturated heterocycles. The molecule has 0 aliphatic carbocycles. The van der Waals surface area contributed by atoms with Gasteiger partial charge in [-0.05, 0) is 18.8 Å². The summed E-state index contributed by atoms with van der Waals surface area (Å²) >= 11 is 0. The standard InChI is InChI=1S/C9H13N3O6/c1-3-17-9(15)5(2)10-8(14)7-6(4-13)11-18-12(7)16/h5,13H,3-4H2,1-2H3,(H-,10,11,14,16)/p+1. The van der Waals surface area contributed by atoms with Gasteiger partial charge in [0.05, 0.1) is 6.61 Å². The molecule has 100 valence electrons. The molecule has 0 aliphatic heterocycles. The molecule has 1 heterocycles. The fourth-order valence-corrected chi connectivity index (χ4v) is 1.22. The van der Waals surface area contributed by atoms with Crippen molar-refractivity contribution in [2.24, 2.45) is 0 Å². The summed E-state index contributed by atoms with van der Waals surface area (Å²) in [4.78, 5) is 34.1. The summed E-state index contributed by atoms with van der Waals surface area (Å²) in [5.74, 6) is -1.47. The smallest absolute Gasteiger partial charge is 0.334 e. The van der Waals surface area contributed by atoms with Gasteiger partial charge < -0.3 is 15.2 Å². The zero-order valence-electron chi connectivity index (χ0n) is 9.93. The lowest BCUT2D eigenvalue weighted by molar-refractivity contribution is -0.714. The van der Waals surface area contributed by atoms with Gasteiger partial charge in [-0.15, -0.1) is 0 Å². The number of carbonyl (C=O) groups is 2. The van der Waals surface area contributed by atoms with E-state index in [1.165, 1.54) is 6.92 Å². The van der Waals surface area contributed by atoms with Crippen molar-refractivity contribution in [3.8, 4) is 0 Å². The van der Waals surface area contributed by atoms with Gasteiger partial charge >= 0.3 is 17.6 Å². The fraction of sp³-hybridized carbons (Fsp3) is 0.556. The Morgan fingerprint density at radius 3 is 2.83 bits per heavy atom. The maximum Gasteiger partial charge on any atom is 0.334 e. The minimum atomic E-state index is -0.918. The molecule has 9 nitrogen and oxygen atoms in total. The number of H-pyrrole nitrogens is 1. The van der Waals surface area contributed by atoms with Gasteiger partial charge in [-0.25, -0.2) is 4.79 Å². The zero-order valence-corrected chi connectivity index (χ0v) is 9.93.